The van der Waals surface area contributed by atoms with Gasteiger partial charge < -0.3 is 9.73 Å². The van der Waals surface area contributed by atoms with Gasteiger partial charge in [0.25, 0.3) is 11.6 Å². The second kappa shape index (κ2) is 7.32. The van der Waals surface area contributed by atoms with Gasteiger partial charge in [-0.15, -0.1) is 0 Å². The van der Waals surface area contributed by atoms with Crippen LogP contribution in [0.3, 0.4) is 0 Å². The monoisotopic (exact) mass is 373 g/mol. The van der Waals surface area contributed by atoms with Crippen molar-refractivity contribution in [1.82, 2.24) is 10.3 Å². The Morgan fingerprint density at radius 2 is 1.82 bits per heavy atom. The Hall–Kier alpha value is -4.00. The number of carbonyl (C=O) groups excluding carboxylic acids is 1. The highest BCUT2D eigenvalue weighted by molar-refractivity contribution is 5.94. The fourth-order valence-electron chi connectivity index (χ4n) is 2.81. The zero-order valence-corrected chi connectivity index (χ0v) is 14.7. The van der Waals surface area contributed by atoms with Crippen LogP contribution in [-0.2, 0) is 6.54 Å². The van der Waals surface area contributed by atoms with E-state index in [1.807, 2.05) is 48.5 Å². The summed E-state index contributed by atoms with van der Waals surface area (Å²) in [5.74, 6) is 0.167. The number of para-hydroxylation sites is 2. The number of aromatic nitrogens is 1. The van der Waals surface area contributed by atoms with Gasteiger partial charge in [-0.05, 0) is 35.9 Å². The summed E-state index contributed by atoms with van der Waals surface area (Å²) in [5.41, 5.74) is 3.38. The molecule has 0 saturated carbocycles. The average molecular weight is 373 g/mol. The Balaban J connectivity index is 1.44. The number of carbonyl (C=O) groups is 1. The van der Waals surface area contributed by atoms with E-state index >= 15 is 0 Å². The molecule has 0 spiro atoms. The molecule has 0 bridgehead atoms. The third-order valence-electron chi connectivity index (χ3n) is 4.27. The van der Waals surface area contributed by atoms with E-state index in [4.69, 9.17) is 4.42 Å². The summed E-state index contributed by atoms with van der Waals surface area (Å²) in [4.78, 5) is 27.0. The van der Waals surface area contributed by atoms with Crippen molar-refractivity contribution < 1.29 is 14.1 Å². The minimum atomic E-state index is -0.526. The number of nitro groups is 1. The molecule has 0 atom stereocenters. The molecule has 0 radical (unpaired) electrons. The summed E-state index contributed by atoms with van der Waals surface area (Å²) in [7, 11) is 0. The number of non-ortho nitro benzene ring substituents is 1. The minimum absolute atomic E-state index is 0.115. The first-order valence-electron chi connectivity index (χ1n) is 8.58. The van der Waals surface area contributed by atoms with Crippen LogP contribution in [0.4, 0.5) is 5.69 Å². The van der Waals surface area contributed by atoms with Gasteiger partial charge >= 0.3 is 0 Å². The molecule has 3 aromatic carbocycles. The lowest BCUT2D eigenvalue weighted by Crippen LogP contribution is -2.22. The topological polar surface area (TPSA) is 98.3 Å². The second-order valence-corrected chi connectivity index (χ2v) is 6.17. The molecule has 1 N–H and O–H groups in total. The van der Waals surface area contributed by atoms with Crippen LogP contribution in [0.2, 0.25) is 0 Å². The van der Waals surface area contributed by atoms with Gasteiger partial charge in [-0.2, -0.15) is 0 Å². The first-order chi connectivity index (χ1) is 13.6. The number of rotatable bonds is 5. The van der Waals surface area contributed by atoms with Crippen LogP contribution in [0.5, 0.6) is 0 Å². The molecular formula is C21H15N3O4. The van der Waals surface area contributed by atoms with Crippen LogP contribution < -0.4 is 5.32 Å². The van der Waals surface area contributed by atoms with Gasteiger partial charge in [0.2, 0.25) is 5.89 Å². The molecular weight excluding hydrogens is 358 g/mol. The Labute approximate surface area is 159 Å². The molecule has 7 nitrogen and oxygen atoms in total. The van der Waals surface area contributed by atoms with Crippen molar-refractivity contribution in [3.8, 4) is 11.5 Å². The highest BCUT2D eigenvalue weighted by Crippen LogP contribution is 2.24. The van der Waals surface area contributed by atoms with Crippen LogP contribution in [0.15, 0.2) is 77.2 Å². The minimum Gasteiger partial charge on any atom is -0.436 e. The summed E-state index contributed by atoms with van der Waals surface area (Å²) in [6.45, 7) is 0.301. The van der Waals surface area contributed by atoms with Crippen LogP contribution >= 0.6 is 0 Å². The predicted octanol–water partition coefficient (Wildman–Crippen LogP) is 4.33. The molecule has 0 aliphatic heterocycles. The maximum atomic E-state index is 12.2. The Morgan fingerprint density at radius 1 is 1.04 bits per heavy atom. The van der Waals surface area contributed by atoms with Gasteiger partial charge in [-0.25, -0.2) is 4.98 Å². The number of fused-ring (bicyclic) bond motifs is 1. The van der Waals surface area contributed by atoms with Crippen LogP contribution in [0.1, 0.15) is 15.9 Å². The van der Waals surface area contributed by atoms with Crippen LogP contribution in [0, 0.1) is 10.1 Å². The Bertz CT molecular complexity index is 1130. The van der Waals surface area contributed by atoms with Crippen LogP contribution in [0.25, 0.3) is 22.6 Å². The SMILES string of the molecule is O=C(NCc1ccc(-c2nc3ccccc3o2)cc1)c1cccc([N+](=O)[O-])c1. The van der Waals surface area contributed by atoms with Crippen LogP contribution in [-0.4, -0.2) is 15.8 Å². The van der Waals surface area contributed by atoms with E-state index in [0.717, 1.165) is 22.2 Å². The third kappa shape index (κ3) is 3.59. The smallest absolute Gasteiger partial charge is 0.270 e. The molecule has 0 unspecified atom stereocenters. The second-order valence-electron chi connectivity index (χ2n) is 6.17. The number of amides is 1. The number of benzene rings is 3. The van der Waals surface area contributed by atoms with E-state index in [1.165, 1.54) is 18.2 Å². The van der Waals surface area contributed by atoms with E-state index in [-0.39, 0.29) is 17.2 Å². The number of nitro benzene ring substituents is 1. The Morgan fingerprint density at radius 3 is 2.57 bits per heavy atom. The van der Waals surface area contributed by atoms with Crippen molar-refractivity contribution in [2.75, 3.05) is 0 Å². The highest BCUT2D eigenvalue weighted by Gasteiger charge is 2.12. The highest BCUT2D eigenvalue weighted by atomic mass is 16.6. The lowest BCUT2D eigenvalue weighted by molar-refractivity contribution is -0.384. The number of oxazole rings is 1. The lowest BCUT2D eigenvalue weighted by Gasteiger charge is -2.06. The summed E-state index contributed by atoms with van der Waals surface area (Å²) < 4.78 is 5.74. The molecule has 1 heterocycles. The molecule has 1 amide bonds. The summed E-state index contributed by atoms with van der Waals surface area (Å²) in [6, 6.07) is 20.7. The lowest BCUT2D eigenvalue weighted by atomic mass is 10.1. The number of nitrogens with one attached hydrogen (secondary N) is 1. The van der Waals surface area contributed by atoms with Gasteiger partial charge in [0, 0.05) is 29.8 Å². The standard InChI is InChI=1S/C21H15N3O4/c25-20(16-4-3-5-17(12-16)24(26)27)22-13-14-8-10-15(11-9-14)21-23-18-6-1-2-7-19(18)28-21/h1-12H,13H2,(H,22,25). The molecule has 0 aliphatic rings. The molecule has 7 heteroatoms. The third-order valence-corrected chi connectivity index (χ3v) is 4.27. The fourth-order valence-corrected chi connectivity index (χ4v) is 2.81. The maximum absolute atomic E-state index is 12.2. The van der Waals surface area contributed by atoms with Crippen molar-refractivity contribution in [3.05, 3.63) is 94.0 Å². The quantitative estimate of drug-likeness (QED) is 0.415. The summed E-state index contributed by atoms with van der Waals surface area (Å²) in [5, 5.41) is 13.6. The van der Waals surface area contributed by atoms with E-state index in [0.29, 0.717) is 12.4 Å². The first-order valence-corrected chi connectivity index (χ1v) is 8.58. The summed E-state index contributed by atoms with van der Waals surface area (Å²) in [6.07, 6.45) is 0. The van der Waals surface area contributed by atoms with Crippen molar-refractivity contribution in [3.63, 3.8) is 0 Å². The largest absolute Gasteiger partial charge is 0.436 e. The molecule has 4 aromatic rings. The molecule has 1 aromatic heterocycles. The fraction of sp³-hybridized carbons (Fsp3) is 0.0476. The van der Waals surface area contributed by atoms with Gasteiger partial charge in [0.15, 0.2) is 5.58 Å². The molecule has 0 saturated heterocycles. The van der Waals surface area contributed by atoms with Crippen molar-refractivity contribution in [2.24, 2.45) is 0 Å². The number of hydrogen-bond donors (Lipinski definition) is 1. The van der Waals surface area contributed by atoms with Gasteiger partial charge in [0.1, 0.15) is 5.52 Å². The van der Waals surface area contributed by atoms with E-state index in [1.54, 1.807) is 6.07 Å². The van der Waals surface area contributed by atoms with E-state index in [2.05, 4.69) is 10.3 Å². The van der Waals surface area contributed by atoms with E-state index in [9.17, 15) is 14.9 Å². The molecule has 0 fully saturated rings. The van der Waals surface area contributed by atoms with Gasteiger partial charge in [-0.1, -0.05) is 30.3 Å². The average Bonchev–Trinajstić information content (AvgIpc) is 3.16. The van der Waals surface area contributed by atoms with Gasteiger partial charge in [0.05, 0.1) is 4.92 Å². The molecule has 4 rings (SSSR count). The molecule has 0 aliphatic carbocycles. The summed E-state index contributed by atoms with van der Waals surface area (Å²) >= 11 is 0. The normalized spacial score (nSPS) is 10.7. The van der Waals surface area contributed by atoms with Crippen molar-refractivity contribution >= 4 is 22.7 Å². The number of nitrogens with zero attached hydrogens (tertiary/aromatic N) is 2. The first kappa shape index (κ1) is 17.4. The zero-order valence-electron chi connectivity index (χ0n) is 14.7. The van der Waals surface area contributed by atoms with Crippen molar-refractivity contribution in [2.45, 2.75) is 6.54 Å². The molecule has 138 valence electrons. The maximum Gasteiger partial charge on any atom is 0.270 e. The number of hydrogen-bond acceptors (Lipinski definition) is 5. The predicted molar refractivity (Wildman–Crippen MR) is 104 cm³/mol. The zero-order chi connectivity index (χ0) is 19.5. The van der Waals surface area contributed by atoms with E-state index < -0.39 is 4.92 Å². The molecule has 28 heavy (non-hydrogen) atoms. The van der Waals surface area contributed by atoms with Crippen molar-refractivity contribution in [1.29, 1.82) is 0 Å². The van der Waals surface area contributed by atoms with Gasteiger partial charge in [-0.3, -0.25) is 14.9 Å². The Kier molecular flexibility index (Phi) is 4.55.